The van der Waals surface area contributed by atoms with Gasteiger partial charge in [-0.25, -0.2) is 4.79 Å². The molecule has 0 unspecified atom stereocenters. The summed E-state index contributed by atoms with van der Waals surface area (Å²) < 4.78 is 4.68. The minimum atomic E-state index is -0.288. The maximum absolute atomic E-state index is 11.3. The highest BCUT2D eigenvalue weighted by molar-refractivity contribution is 7.97. The van der Waals surface area contributed by atoms with Crippen LogP contribution in [0.3, 0.4) is 0 Å². The van der Waals surface area contributed by atoms with Crippen LogP contribution in [0.2, 0.25) is 0 Å². The first kappa shape index (κ1) is 14.7. The lowest BCUT2D eigenvalue weighted by molar-refractivity contribution is 0.0600. The average Bonchev–Trinajstić information content (AvgIpc) is 2.49. The second-order valence-electron chi connectivity index (χ2n) is 4.67. The van der Waals surface area contributed by atoms with Gasteiger partial charge in [0.05, 0.1) is 12.7 Å². The molecule has 2 rings (SSSR count). The lowest BCUT2D eigenvalue weighted by Gasteiger charge is -2.04. The van der Waals surface area contributed by atoms with Crippen molar-refractivity contribution < 1.29 is 9.53 Å². The molecule has 0 spiro atoms. The number of aryl methyl sites for hydroxylation is 1. The molecule has 0 aliphatic carbocycles. The number of carbonyl (C=O) groups excluding carboxylic acids is 1. The Balaban J connectivity index is 1.85. The third-order valence-corrected chi connectivity index (χ3v) is 4.11. The topological polar surface area (TPSA) is 26.3 Å². The number of benzene rings is 2. The van der Waals surface area contributed by atoms with Gasteiger partial charge < -0.3 is 4.74 Å². The van der Waals surface area contributed by atoms with E-state index >= 15 is 0 Å². The van der Waals surface area contributed by atoms with Crippen molar-refractivity contribution in [3.05, 3.63) is 70.8 Å². The minimum Gasteiger partial charge on any atom is -0.465 e. The summed E-state index contributed by atoms with van der Waals surface area (Å²) in [6.07, 6.45) is 0. The molecule has 0 radical (unpaired) electrons. The molecule has 0 aliphatic heterocycles. The number of hydrogen-bond donors (Lipinski definition) is 0. The van der Waals surface area contributed by atoms with Crippen molar-refractivity contribution in [2.24, 2.45) is 0 Å². The van der Waals surface area contributed by atoms with Crippen molar-refractivity contribution in [2.45, 2.75) is 18.4 Å². The largest absolute Gasteiger partial charge is 0.465 e. The Morgan fingerprint density at radius 1 is 0.950 bits per heavy atom. The molecule has 3 heteroatoms. The molecule has 0 aliphatic rings. The van der Waals surface area contributed by atoms with Crippen LogP contribution in [0.25, 0.3) is 0 Å². The molecule has 0 aromatic heterocycles. The SMILES string of the molecule is COC(=O)c1ccc(CSCc2ccc(C)cc2)cc1. The lowest BCUT2D eigenvalue weighted by Crippen LogP contribution is -2.00. The van der Waals surface area contributed by atoms with E-state index in [9.17, 15) is 4.79 Å². The maximum Gasteiger partial charge on any atom is 0.337 e. The van der Waals surface area contributed by atoms with Crippen molar-refractivity contribution in [3.8, 4) is 0 Å². The highest BCUT2D eigenvalue weighted by Crippen LogP contribution is 2.18. The molecule has 0 fully saturated rings. The number of thioether (sulfide) groups is 1. The molecule has 0 saturated carbocycles. The number of ether oxygens (including phenoxy) is 1. The zero-order chi connectivity index (χ0) is 14.4. The van der Waals surface area contributed by atoms with E-state index < -0.39 is 0 Å². The van der Waals surface area contributed by atoms with Crippen LogP contribution in [-0.2, 0) is 16.2 Å². The quantitative estimate of drug-likeness (QED) is 0.770. The Hall–Kier alpha value is -1.74. The molecular formula is C17H18O2S. The summed E-state index contributed by atoms with van der Waals surface area (Å²) in [7, 11) is 1.40. The van der Waals surface area contributed by atoms with E-state index in [1.807, 2.05) is 36.0 Å². The Morgan fingerprint density at radius 2 is 1.45 bits per heavy atom. The van der Waals surface area contributed by atoms with Crippen LogP contribution in [0.4, 0.5) is 0 Å². The summed E-state index contributed by atoms with van der Waals surface area (Å²) >= 11 is 1.87. The zero-order valence-corrected chi connectivity index (χ0v) is 12.6. The van der Waals surface area contributed by atoms with Crippen LogP contribution in [0.1, 0.15) is 27.0 Å². The fourth-order valence-corrected chi connectivity index (χ4v) is 2.78. The van der Waals surface area contributed by atoms with Gasteiger partial charge in [0.1, 0.15) is 0 Å². The first-order valence-electron chi connectivity index (χ1n) is 6.49. The molecule has 0 atom stereocenters. The predicted molar refractivity (Wildman–Crippen MR) is 84.0 cm³/mol. The Kier molecular flexibility index (Phi) is 5.24. The standard InChI is InChI=1S/C17H18O2S/c1-13-3-5-14(6-4-13)11-20-12-15-7-9-16(10-8-15)17(18)19-2/h3-10H,11-12H2,1-2H3. The summed E-state index contributed by atoms with van der Waals surface area (Å²) in [6, 6.07) is 16.2. The van der Waals surface area contributed by atoms with Gasteiger partial charge in [0.25, 0.3) is 0 Å². The van der Waals surface area contributed by atoms with E-state index in [0.29, 0.717) is 5.56 Å². The number of hydrogen-bond acceptors (Lipinski definition) is 3. The van der Waals surface area contributed by atoms with E-state index in [2.05, 4.69) is 35.9 Å². The number of esters is 1. The molecule has 0 saturated heterocycles. The Labute approximate surface area is 124 Å². The zero-order valence-electron chi connectivity index (χ0n) is 11.8. The van der Waals surface area contributed by atoms with Gasteiger partial charge in [0.2, 0.25) is 0 Å². The molecule has 0 amide bonds. The Morgan fingerprint density at radius 3 is 1.95 bits per heavy atom. The monoisotopic (exact) mass is 286 g/mol. The van der Waals surface area contributed by atoms with Gasteiger partial charge in [-0.1, -0.05) is 42.0 Å². The lowest BCUT2D eigenvalue weighted by atomic mass is 10.1. The summed E-state index contributed by atoms with van der Waals surface area (Å²) in [5.74, 6) is 1.65. The number of carbonyl (C=O) groups is 1. The second kappa shape index (κ2) is 7.15. The van der Waals surface area contributed by atoms with Crippen LogP contribution in [0, 0.1) is 6.92 Å². The van der Waals surface area contributed by atoms with E-state index in [0.717, 1.165) is 11.5 Å². The molecule has 0 bridgehead atoms. The molecular weight excluding hydrogens is 268 g/mol. The summed E-state index contributed by atoms with van der Waals surface area (Å²) in [4.78, 5) is 11.3. The second-order valence-corrected chi connectivity index (χ2v) is 5.65. The van der Waals surface area contributed by atoms with Crippen molar-refractivity contribution in [1.82, 2.24) is 0 Å². The third-order valence-electron chi connectivity index (χ3n) is 3.03. The van der Waals surface area contributed by atoms with E-state index in [-0.39, 0.29) is 5.97 Å². The van der Waals surface area contributed by atoms with Gasteiger partial charge >= 0.3 is 5.97 Å². The van der Waals surface area contributed by atoms with E-state index in [1.165, 1.54) is 23.8 Å². The van der Waals surface area contributed by atoms with Crippen molar-refractivity contribution in [3.63, 3.8) is 0 Å². The van der Waals surface area contributed by atoms with Crippen molar-refractivity contribution in [2.75, 3.05) is 7.11 Å². The molecule has 20 heavy (non-hydrogen) atoms. The summed E-state index contributed by atoms with van der Waals surface area (Å²) in [5, 5.41) is 0. The van der Waals surface area contributed by atoms with Crippen molar-refractivity contribution in [1.29, 1.82) is 0 Å². The minimum absolute atomic E-state index is 0.288. The molecule has 0 heterocycles. The summed E-state index contributed by atoms with van der Waals surface area (Å²) in [6.45, 7) is 2.10. The maximum atomic E-state index is 11.3. The van der Waals surface area contributed by atoms with Gasteiger partial charge in [0, 0.05) is 11.5 Å². The highest BCUT2D eigenvalue weighted by Gasteiger charge is 2.04. The molecule has 2 aromatic rings. The van der Waals surface area contributed by atoms with Crippen LogP contribution in [0.5, 0.6) is 0 Å². The molecule has 0 N–H and O–H groups in total. The highest BCUT2D eigenvalue weighted by atomic mass is 32.2. The first-order valence-corrected chi connectivity index (χ1v) is 7.65. The molecule has 2 aromatic carbocycles. The van der Waals surface area contributed by atoms with Crippen LogP contribution >= 0.6 is 11.8 Å². The number of rotatable bonds is 5. The van der Waals surface area contributed by atoms with Gasteiger partial charge in [-0.3, -0.25) is 0 Å². The fourth-order valence-electron chi connectivity index (χ4n) is 1.83. The normalized spacial score (nSPS) is 10.3. The predicted octanol–water partition coefficient (Wildman–Crippen LogP) is 4.22. The summed E-state index contributed by atoms with van der Waals surface area (Å²) in [5.41, 5.74) is 4.44. The molecule has 2 nitrogen and oxygen atoms in total. The number of methoxy groups -OCH3 is 1. The van der Waals surface area contributed by atoms with E-state index in [1.54, 1.807) is 0 Å². The fraction of sp³-hybridized carbons (Fsp3) is 0.235. The van der Waals surface area contributed by atoms with Gasteiger partial charge in [0.15, 0.2) is 0 Å². The van der Waals surface area contributed by atoms with Crippen LogP contribution < -0.4 is 0 Å². The third kappa shape index (κ3) is 4.14. The van der Waals surface area contributed by atoms with Gasteiger partial charge in [-0.05, 0) is 30.2 Å². The van der Waals surface area contributed by atoms with Crippen LogP contribution in [0.15, 0.2) is 48.5 Å². The Bertz CT molecular complexity index is 559. The van der Waals surface area contributed by atoms with E-state index in [4.69, 9.17) is 0 Å². The molecule has 104 valence electrons. The average molecular weight is 286 g/mol. The van der Waals surface area contributed by atoms with Crippen LogP contribution in [-0.4, -0.2) is 13.1 Å². The first-order chi connectivity index (χ1) is 9.69. The van der Waals surface area contributed by atoms with Crippen molar-refractivity contribution >= 4 is 17.7 Å². The van der Waals surface area contributed by atoms with Gasteiger partial charge in [-0.15, -0.1) is 0 Å². The van der Waals surface area contributed by atoms with Gasteiger partial charge in [-0.2, -0.15) is 11.8 Å². The smallest absolute Gasteiger partial charge is 0.337 e.